The van der Waals surface area contributed by atoms with Crippen molar-refractivity contribution < 1.29 is 0 Å². The summed E-state index contributed by atoms with van der Waals surface area (Å²) in [6, 6.07) is 9.03. The number of nitrogens with zero attached hydrogens (tertiary/aromatic N) is 1. The third-order valence-electron chi connectivity index (χ3n) is 2.73. The summed E-state index contributed by atoms with van der Waals surface area (Å²) < 4.78 is 0. The lowest BCUT2D eigenvalue weighted by Crippen LogP contribution is -2.23. The highest BCUT2D eigenvalue weighted by Gasteiger charge is 2.03. The second-order valence-electron chi connectivity index (χ2n) is 4.43. The highest BCUT2D eigenvalue weighted by Crippen LogP contribution is 2.16. The number of benzene rings is 1. The molecule has 0 saturated carbocycles. The quantitative estimate of drug-likeness (QED) is 0.798. The summed E-state index contributed by atoms with van der Waals surface area (Å²) in [6.45, 7) is 8.66. The molecule has 16 heavy (non-hydrogen) atoms. The van der Waals surface area contributed by atoms with Gasteiger partial charge in [0, 0.05) is 24.8 Å². The molecule has 0 bridgehead atoms. The first-order valence-corrected chi connectivity index (χ1v) is 6.26. The molecule has 1 rings (SSSR count). The van der Waals surface area contributed by atoms with E-state index in [-0.39, 0.29) is 6.04 Å². The largest absolute Gasteiger partial charge is 0.372 e. The van der Waals surface area contributed by atoms with Crippen LogP contribution in [0.5, 0.6) is 0 Å². The van der Waals surface area contributed by atoms with Gasteiger partial charge in [-0.05, 0) is 44.4 Å². The third kappa shape index (κ3) is 3.86. The molecule has 90 valence electrons. The molecule has 0 saturated heterocycles. The van der Waals surface area contributed by atoms with Gasteiger partial charge in [0.2, 0.25) is 0 Å². The number of rotatable bonds is 6. The Morgan fingerprint density at radius 1 is 1.19 bits per heavy atom. The lowest BCUT2D eigenvalue weighted by molar-refractivity contribution is 0.737. The van der Waals surface area contributed by atoms with Crippen molar-refractivity contribution in [3.05, 3.63) is 29.8 Å². The lowest BCUT2D eigenvalue weighted by atomic mass is 10.1. The van der Waals surface area contributed by atoms with Crippen molar-refractivity contribution in [1.29, 1.82) is 0 Å². The summed E-state index contributed by atoms with van der Waals surface area (Å²) in [7, 11) is 0. The Morgan fingerprint density at radius 2 is 1.81 bits per heavy atom. The van der Waals surface area contributed by atoms with E-state index in [0.717, 1.165) is 19.5 Å². The van der Waals surface area contributed by atoms with Crippen molar-refractivity contribution in [1.82, 2.24) is 0 Å². The molecule has 1 atom stereocenters. The van der Waals surface area contributed by atoms with E-state index in [0.29, 0.717) is 0 Å². The van der Waals surface area contributed by atoms with Gasteiger partial charge in [-0.25, -0.2) is 0 Å². The van der Waals surface area contributed by atoms with Gasteiger partial charge in [-0.15, -0.1) is 0 Å². The Kier molecular flexibility index (Phi) is 5.33. The minimum atomic E-state index is 0.240. The summed E-state index contributed by atoms with van der Waals surface area (Å²) in [5, 5.41) is 0. The minimum absolute atomic E-state index is 0.240. The summed E-state index contributed by atoms with van der Waals surface area (Å²) in [4.78, 5) is 2.40. The number of nitrogens with two attached hydrogens (primary N) is 1. The molecular weight excluding hydrogens is 196 g/mol. The fraction of sp³-hybridized carbons (Fsp3) is 0.571. The highest BCUT2D eigenvalue weighted by atomic mass is 15.1. The van der Waals surface area contributed by atoms with E-state index in [1.165, 1.54) is 17.7 Å². The molecule has 0 aliphatic heterocycles. The average Bonchev–Trinajstić information content (AvgIpc) is 2.26. The molecule has 0 spiro atoms. The molecule has 1 aromatic carbocycles. The van der Waals surface area contributed by atoms with E-state index in [1.54, 1.807) is 0 Å². The number of hydrogen-bond acceptors (Lipinski definition) is 2. The average molecular weight is 220 g/mol. The summed E-state index contributed by atoms with van der Waals surface area (Å²) in [6.07, 6.45) is 2.15. The first-order chi connectivity index (χ1) is 7.67. The van der Waals surface area contributed by atoms with Crippen LogP contribution in [-0.4, -0.2) is 19.1 Å². The van der Waals surface area contributed by atoms with Gasteiger partial charge in [0.1, 0.15) is 0 Å². The molecule has 2 nitrogen and oxygen atoms in total. The van der Waals surface area contributed by atoms with Crippen LogP contribution in [0, 0.1) is 0 Å². The van der Waals surface area contributed by atoms with Gasteiger partial charge >= 0.3 is 0 Å². The molecule has 1 aromatic rings. The lowest BCUT2D eigenvalue weighted by Gasteiger charge is -2.22. The Balaban J connectivity index is 2.69. The Morgan fingerprint density at radius 3 is 2.25 bits per heavy atom. The summed E-state index contributed by atoms with van der Waals surface area (Å²) in [5.41, 5.74) is 8.43. The summed E-state index contributed by atoms with van der Waals surface area (Å²) in [5.74, 6) is 0. The van der Waals surface area contributed by atoms with Crippen molar-refractivity contribution in [3.63, 3.8) is 0 Å². The first kappa shape index (κ1) is 13.0. The zero-order valence-corrected chi connectivity index (χ0v) is 10.7. The van der Waals surface area contributed by atoms with Crippen LogP contribution in [0.25, 0.3) is 0 Å². The van der Waals surface area contributed by atoms with Crippen LogP contribution in [0.4, 0.5) is 5.69 Å². The topological polar surface area (TPSA) is 29.3 Å². The van der Waals surface area contributed by atoms with Gasteiger partial charge in [0.25, 0.3) is 0 Å². The second kappa shape index (κ2) is 6.54. The molecule has 0 heterocycles. The van der Waals surface area contributed by atoms with Crippen molar-refractivity contribution in [2.75, 3.05) is 18.0 Å². The zero-order valence-electron chi connectivity index (χ0n) is 10.7. The molecule has 0 fully saturated rings. The van der Waals surface area contributed by atoms with Crippen LogP contribution in [0.3, 0.4) is 0 Å². The maximum absolute atomic E-state index is 5.79. The van der Waals surface area contributed by atoms with E-state index in [4.69, 9.17) is 5.73 Å². The van der Waals surface area contributed by atoms with Crippen LogP contribution < -0.4 is 10.6 Å². The highest BCUT2D eigenvalue weighted by molar-refractivity contribution is 5.47. The molecule has 2 N–H and O–H groups in total. The van der Waals surface area contributed by atoms with Crippen LogP contribution in [0.15, 0.2) is 24.3 Å². The fourth-order valence-corrected chi connectivity index (χ4v) is 1.95. The maximum Gasteiger partial charge on any atom is 0.0366 e. The van der Waals surface area contributed by atoms with Crippen LogP contribution in [-0.2, 0) is 6.42 Å². The Bertz CT molecular complexity index is 290. The predicted octanol–water partition coefficient (Wildman–Crippen LogP) is 2.81. The maximum atomic E-state index is 5.79. The van der Waals surface area contributed by atoms with Crippen LogP contribution >= 0.6 is 0 Å². The van der Waals surface area contributed by atoms with Crippen molar-refractivity contribution >= 4 is 5.69 Å². The Labute approximate surface area is 99.5 Å². The summed E-state index contributed by atoms with van der Waals surface area (Å²) >= 11 is 0. The van der Waals surface area contributed by atoms with Crippen molar-refractivity contribution in [2.24, 2.45) is 5.73 Å². The number of anilines is 1. The van der Waals surface area contributed by atoms with Gasteiger partial charge in [0.05, 0.1) is 0 Å². The Hall–Kier alpha value is -1.02. The standard InChI is InChI=1S/C14H24N2/c1-4-10-16(5-2)14-8-6-13(7-9-14)11-12(3)15/h6-9,12H,4-5,10-11,15H2,1-3H3. The zero-order chi connectivity index (χ0) is 12.0. The second-order valence-corrected chi connectivity index (χ2v) is 4.43. The monoisotopic (exact) mass is 220 g/mol. The fourth-order valence-electron chi connectivity index (χ4n) is 1.95. The van der Waals surface area contributed by atoms with E-state index < -0.39 is 0 Å². The molecule has 0 aromatic heterocycles. The third-order valence-corrected chi connectivity index (χ3v) is 2.73. The SMILES string of the molecule is CCCN(CC)c1ccc(CC(C)N)cc1. The smallest absolute Gasteiger partial charge is 0.0366 e. The van der Waals surface area contributed by atoms with E-state index >= 15 is 0 Å². The van der Waals surface area contributed by atoms with Gasteiger partial charge in [-0.3, -0.25) is 0 Å². The molecule has 0 aliphatic carbocycles. The molecule has 0 aliphatic rings. The normalized spacial score (nSPS) is 12.5. The van der Waals surface area contributed by atoms with Crippen molar-refractivity contribution in [3.8, 4) is 0 Å². The molecular formula is C14H24N2. The van der Waals surface area contributed by atoms with Crippen LogP contribution in [0.2, 0.25) is 0 Å². The van der Waals surface area contributed by atoms with Gasteiger partial charge in [0.15, 0.2) is 0 Å². The van der Waals surface area contributed by atoms with E-state index in [9.17, 15) is 0 Å². The van der Waals surface area contributed by atoms with Gasteiger partial charge in [-0.1, -0.05) is 19.1 Å². The number of hydrogen-bond donors (Lipinski definition) is 1. The molecule has 2 heteroatoms. The van der Waals surface area contributed by atoms with Crippen molar-refractivity contribution in [2.45, 2.75) is 39.7 Å². The minimum Gasteiger partial charge on any atom is -0.372 e. The molecule has 0 amide bonds. The molecule has 1 unspecified atom stereocenters. The van der Waals surface area contributed by atoms with Gasteiger partial charge in [-0.2, -0.15) is 0 Å². The van der Waals surface area contributed by atoms with E-state index in [1.807, 2.05) is 6.92 Å². The molecule has 0 radical (unpaired) electrons. The first-order valence-electron chi connectivity index (χ1n) is 6.26. The van der Waals surface area contributed by atoms with Crippen LogP contribution in [0.1, 0.15) is 32.8 Å². The van der Waals surface area contributed by atoms with Gasteiger partial charge < -0.3 is 10.6 Å². The van der Waals surface area contributed by atoms with E-state index in [2.05, 4.69) is 43.0 Å². The predicted molar refractivity (Wildman–Crippen MR) is 72.0 cm³/mol.